The lowest BCUT2D eigenvalue weighted by Gasteiger charge is -2.23. The van der Waals surface area contributed by atoms with E-state index in [1.54, 1.807) is 39.0 Å². The van der Waals surface area contributed by atoms with Crippen molar-refractivity contribution in [3.05, 3.63) is 35.6 Å². The molecule has 0 aromatic heterocycles. The Balaban J connectivity index is 2.74. The van der Waals surface area contributed by atoms with Crippen LogP contribution in [-0.4, -0.2) is 18.1 Å². The first kappa shape index (κ1) is 14.6. The van der Waals surface area contributed by atoms with Gasteiger partial charge in [0.2, 0.25) is 0 Å². The number of benzene rings is 1. The fraction of sp³-hybridized carbons (Fsp3) is 0.500. The molecule has 4 heteroatoms. The highest BCUT2D eigenvalue weighted by molar-refractivity contribution is 5.73. The second kappa shape index (κ2) is 5.96. The van der Waals surface area contributed by atoms with Crippen LogP contribution >= 0.6 is 0 Å². The Bertz CT molecular complexity index is 413. The number of carbonyl (C=O) groups is 1. The lowest BCUT2D eigenvalue weighted by atomic mass is 9.99. The van der Waals surface area contributed by atoms with Crippen molar-refractivity contribution in [3.63, 3.8) is 0 Å². The zero-order valence-corrected chi connectivity index (χ0v) is 11.1. The van der Waals surface area contributed by atoms with Gasteiger partial charge in [-0.2, -0.15) is 0 Å². The molecule has 1 rings (SSSR count). The van der Waals surface area contributed by atoms with E-state index in [0.29, 0.717) is 5.56 Å². The maximum Gasteiger partial charge on any atom is 0.311 e. The molecule has 1 atom stereocenters. The highest BCUT2D eigenvalue weighted by atomic mass is 19.1. The monoisotopic (exact) mass is 253 g/mol. The van der Waals surface area contributed by atoms with Crippen LogP contribution in [0.2, 0.25) is 0 Å². The molecule has 0 saturated carbocycles. The van der Waals surface area contributed by atoms with Crippen LogP contribution < -0.4 is 5.73 Å². The van der Waals surface area contributed by atoms with Gasteiger partial charge >= 0.3 is 5.97 Å². The first-order chi connectivity index (χ1) is 8.33. The number of rotatable bonds is 4. The van der Waals surface area contributed by atoms with Crippen molar-refractivity contribution in [2.75, 3.05) is 6.54 Å². The van der Waals surface area contributed by atoms with Crippen molar-refractivity contribution in [1.82, 2.24) is 0 Å². The predicted octanol–water partition coefficient (Wildman–Crippen LogP) is 2.28. The van der Waals surface area contributed by atoms with Crippen molar-refractivity contribution in [2.24, 2.45) is 11.7 Å². The van der Waals surface area contributed by atoms with Crippen LogP contribution in [0.15, 0.2) is 24.3 Å². The smallest absolute Gasteiger partial charge is 0.311 e. The number of halogens is 1. The Morgan fingerprint density at radius 3 is 2.50 bits per heavy atom. The number of hydrogen-bond donors (Lipinski definition) is 1. The van der Waals surface area contributed by atoms with Gasteiger partial charge in [0.1, 0.15) is 11.4 Å². The zero-order chi connectivity index (χ0) is 13.8. The molecule has 0 spiro atoms. The number of hydrogen-bond acceptors (Lipinski definition) is 3. The Labute approximate surface area is 107 Å². The van der Waals surface area contributed by atoms with E-state index < -0.39 is 11.5 Å². The molecule has 0 radical (unpaired) electrons. The summed E-state index contributed by atoms with van der Waals surface area (Å²) < 4.78 is 18.8. The van der Waals surface area contributed by atoms with Gasteiger partial charge in [-0.25, -0.2) is 4.39 Å². The lowest BCUT2D eigenvalue weighted by Crippen LogP contribution is -2.33. The second-order valence-corrected chi connectivity index (χ2v) is 5.26. The van der Waals surface area contributed by atoms with Crippen LogP contribution in [0.4, 0.5) is 4.39 Å². The lowest BCUT2D eigenvalue weighted by molar-refractivity contribution is -0.159. The first-order valence-corrected chi connectivity index (χ1v) is 6.00. The molecule has 18 heavy (non-hydrogen) atoms. The molecule has 100 valence electrons. The molecule has 0 aliphatic heterocycles. The third-order valence-corrected chi connectivity index (χ3v) is 2.45. The minimum atomic E-state index is -0.556. The summed E-state index contributed by atoms with van der Waals surface area (Å²) in [5.74, 6) is -1.21. The Kier molecular flexibility index (Phi) is 4.84. The van der Waals surface area contributed by atoms with E-state index in [4.69, 9.17) is 10.5 Å². The van der Waals surface area contributed by atoms with E-state index >= 15 is 0 Å². The Hall–Kier alpha value is -1.42. The molecule has 0 heterocycles. The summed E-state index contributed by atoms with van der Waals surface area (Å²) >= 11 is 0. The fourth-order valence-corrected chi connectivity index (χ4v) is 1.58. The van der Waals surface area contributed by atoms with Gasteiger partial charge in [-0.15, -0.1) is 0 Å². The minimum Gasteiger partial charge on any atom is -0.460 e. The number of carbonyl (C=O) groups excluding carboxylic acids is 1. The number of nitrogens with two attached hydrogens (primary N) is 1. The minimum absolute atomic E-state index is 0.142. The zero-order valence-electron chi connectivity index (χ0n) is 11.1. The van der Waals surface area contributed by atoms with Crippen LogP contribution in [0.1, 0.15) is 26.3 Å². The van der Waals surface area contributed by atoms with Crippen LogP contribution in [0.25, 0.3) is 0 Å². The van der Waals surface area contributed by atoms with Gasteiger partial charge in [-0.1, -0.05) is 18.2 Å². The van der Waals surface area contributed by atoms with E-state index in [0.717, 1.165) is 0 Å². The third-order valence-electron chi connectivity index (χ3n) is 2.45. The van der Waals surface area contributed by atoms with E-state index in [1.165, 1.54) is 6.07 Å². The Morgan fingerprint density at radius 1 is 1.39 bits per heavy atom. The van der Waals surface area contributed by atoms with Crippen molar-refractivity contribution in [2.45, 2.75) is 32.8 Å². The summed E-state index contributed by atoms with van der Waals surface area (Å²) in [5, 5.41) is 0. The highest BCUT2D eigenvalue weighted by Gasteiger charge is 2.25. The van der Waals surface area contributed by atoms with E-state index in [-0.39, 0.29) is 24.8 Å². The van der Waals surface area contributed by atoms with Crippen LogP contribution in [0, 0.1) is 11.7 Å². The van der Waals surface area contributed by atoms with Gasteiger partial charge in [-0.3, -0.25) is 4.79 Å². The van der Waals surface area contributed by atoms with E-state index in [2.05, 4.69) is 0 Å². The van der Waals surface area contributed by atoms with Crippen molar-refractivity contribution in [1.29, 1.82) is 0 Å². The predicted molar refractivity (Wildman–Crippen MR) is 68.5 cm³/mol. The van der Waals surface area contributed by atoms with Gasteiger partial charge in [0, 0.05) is 6.54 Å². The van der Waals surface area contributed by atoms with Crippen molar-refractivity contribution >= 4 is 5.97 Å². The quantitative estimate of drug-likeness (QED) is 0.838. The number of ether oxygens (including phenoxy) is 1. The highest BCUT2D eigenvalue weighted by Crippen LogP contribution is 2.16. The van der Waals surface area contributed by atoms with Crippen LogP contribution in [0.5, 0.6) is 0 Å². The molecule has 1 unspecified atom stereocenters. The molecule has 0 aliphatic carbocycles. The SMILES string of the molecule is CC(C)(C)OC(=O)C(CN)Cc1ccccc1F. The molecular weight excluding hydrogens is 233 g/mol. The maximum absolute atomic E-state index is 13.5. The van der Waals surface area contributed by atoms with Crippen LogP contribution in [-0.2, 0) is 16.0 Å². The summed E-state index contributed by atoms with van der Waals surface area (Å²) in [4.78, 5) is 11.9. The molecule has 2 N–H and O–H groups in total. The summed E-state index contributed by atoms with van der Waals surface area (Å²) in [6, 6.07) is 6.38. The van der Waals surface area contributed by atoms with Crippen LogP contribution in [0.3, 0.4) is 0 Å². The summed E-state index contributed by atoms with van der Waals surface area (Å²) in [7, 11) is 0. The summed E-state index contributed by atoms with van der Waals surface area (Å²) in [6.45, 7) is 5.52. The van der Waals surface area contributed by atoms with Gasteiger partial charge in [0.05, 0.1) is 5.92 Å². The molecule has 1 aromatic carbocycles. The molecule has 0 aliphatic rings. The van der Waals surface area contributed by atoms with E-state index in [9.17, 15) is 9.18 Å². The molecule has 0 saturated heterocycles. The second-order valence-electron chi connectivity index (χ2n) is 5.26. The third kappa shape index (κ3) is 4.45. The largest absolute Gasteiger partial charge is 0.460 e. The molecular formula is C14H20FNO2. The topological polar surface area (TPSA) is 52.3 Å². The summed E-state index contributed by atoms with van der Waals surface area (Å²) in [5.41, 5.74) is 5.50. The molecule has 3 nitrogen and oxygen atoms in total. The average molecular weight is 253 g/mol. The first-order valence-electron chi connectivity index (χ1n) is 6.00. The van der Waals surface area contributed by atoms with E-state index in [1.807, 2.05) is 0 Å². The fourth-order valence-electron chi connectivity index (χ4n) is 1.58. The normalized spacial score (nSPS) is 13.2. The van der Waals surface area contributed by atoms with Gasteiger partial charge in [0.15, 0.2) is 0 Å². The van der Waals surface area contributed by atoms with Crippen molar-refractivity contribution < 1.29 is 13.9 Å². The molecule has 0 amide bonds. The van der Waals surface area contributed by atoms with Gasteiger partial charge in [0.25, 0.3) is 0 Å². The molecule has 0 bridgehead atoms. The van der Waals surface area contributed by atoms with Gasteiger partial charge in [-0.05, 0) is 38.8 Å². The summed E-state index contributed by atoms with van der Waals surface area (Å²) in [6.07, 6.45) is 0.262. The molecule has 0 fully saturated rings. The van der Waals surface area contributed by atoms with Gasteiger partial charge < -0.3 is 10.5 Å². The maximum atomic E-state index is 13.5. The van der Waals surface area contributed by atoms with Crippen molar-refractivity contribution in [3.8, 4) is 0 Å². The molecule has 1 aromatic rings. The Morgan fingerprint density at radius 2 is 2.00 bits per heavy atom. The average Bonchev–Trinajstić information content (AvgIpc) is 2.25. The number of esters is 1. The standard InChI is InChI=1S/C14H20FNO2/c1-14(2,3)18-13(17)11(9-16)8-10-6-4-5-7-12(10)15/h4-7,11H,8-9,16H2,1-3H3.